The van der Waals surface area contributed by atoms with Gasteiger partial charge in [0.05, 0.1) is 0 Å². The lowest BCUT2D eigenvalue weighted by Crippen LogP contribution is -2.41. The number of hydrogen-bond acceptors (Lipinski definition) is 2. The van der Waals surface area contributed by atoms with Crippen LogP contribution < -0.4 is 5.32 Å². The van der Waals surface area contributed by atoms with E-state index in [1.165, 1.54) is 11.6 Å². The number of carboxylic acids is 1. The van der Waals surface area contributed by atoms with Crippen LogP contribution in [0.4, 0.5) is 0 Å². The molecule has 0 heterocycles. The predicted octanol–water partition coefficient (Wildman–Crippen LogP) is 3.81. The van der Waals surface area contributed by atoms with E-state index in [-0.39, 0.29) is 11.8 Å². The Balaban J connectivity index is 1.99. The van der Waals surface area contributed by atoms with Gasteiger partial charge in [-0.15, -0.1) is 0 Å². The first kappa shape index (κ1) is 19.4. The van der Waals surface area contributed by atoms with Gasteiger partial charge in [0, 0.05) is 12.5 Å². The highest BCUT2D eigenvalue weighted by Crippen LogP contribution is 2.22. The lowest BCUT2D eigenvalue weighted by Gasteiger charge is -2.18. The van der Waals surface area contributed by atoms with Crippen molar-refractivity contribution in [2.45, 2.75) is 38.6 Å². The second-order valence-electron chi connectivity index (χ2n) is 7.29. The molecular formula is C22H25NO3. The molecule has 26 heavy (non-hydrogen) atoms. The molecule has 4 heteroatoms. The molecule has 1 atom stereocenters. The average molecular weight is 351 g/mol. The van der Waals surface area contributed by atoms with Crippen LogP contribution in [0.15, 0.2) is 60.7 Å². The lowest BCUT2D eigenvalue weighted by molar-refractivity contribution is -0.141. The van der Waals surface area contributed by atoms with E-state index in [9.17, 15) is 14.7 Å². The van der Waals surface area contributed by atoms with E-state index < -0.39 is 17.9 Å². The first-order chi connectivity index (χ1) is 12.3. The Bertz CT molecular complexity index is 771. The number of hydrogen-bond donors (Lipinski definition) is 2. The lowest BCUT2D eigenvalue weighted by atomic mass is 9.87. The summed E-state index contributed by atoms with van der Waals surface area (Å²) in [4.78, 5) is 23.5. The average Bonchev–Trinajstić information content (AvgIpc) is 2.60. The minimum Gasteiger partial charge on any atom is -0.480 e. The van der Waals surface area contributed by atoms with Crippen LogP contribution >= 0.6 is 0 Å². The summed E-state index contributed by atoms with van der Waals surface area (Å²) in [6, 6.07) is 16.2. The van der Waals surface area contributed by atoms with E-state index in [0.717, 1.165) is 11.1 Å². The fraction of sp³-hybridized carbons (Fsp3) is 0.273. The Morgan fingerprint density at radius 2 is 1.65 bits per heavy atom. The maximum absolute atomic E-state index is 12.1. The topological polar surface area (TPSA) is 66.4 Å². The molecule has 4 nitrogen and oxygen atoms in total. The van der Waals surface area contributed by atoms with Gasteiger partial charge in [-0.25, -0.2) is 4.79 Å². The maximum Gasteiger partial charge on any atom is 0.326 e. The summed E-state index contributed by atoms with van der Waals surface area (Å²) in [5, 5.41) is 11.9. The molecule has 0 aliphatic heterocycles. The Hall–Kier alpha value is -2.88. The third-order valence-corrected chi connectivity index (χ3v) is 4.10. The quantitative estimate of drug-likeness (QED) is 0.778. The molecular weight excluding hydrogens is 326 g/mol. The van der Waals surface area contributed by atoms with Crippen LogP contribution in [-0.2, 0) is 21.4 Å². The van der Waals surface area contributed by atoms with Crippen LogP contribution in [0.25, 0.3) is 6.08 Å². The zero-order valence-corrected chi connectivity index (χ0v) is 15.4. The Morgan fingerprint density at radius 1 is 1.04 bits per heavy atom. The first-order valence-electron chi connectivity index (χ1n) is 8.61. The van der Waals surface area contributed by atoms with Crippen molar-refractivity contribution in [3.05, 3.63) is 77.4 Å². The van der Waals surface area contributed by atoms with Gasteiger partial charge in [0.15, 0.2) is 0 Å². The summed E-state index contributed by atoms with van der Waals surface area (Å²) in [6.07, 6.45) is 3.30. The van der Waals surface area contributed by atoms with Crippen LogP contribution in [0, 0.1) is 0 Å². The smallest absolute Gasteiger partial charge is 0.326 e. The predicted molar refractivity (Wildman–Crippen MR) is 104 cm³/mol. The van der Waals surface area contributed by atoms with Gasteiger partial charge in [0.2, 0.25) is 5.91 Å². The first-order valence-corrected chi connectivity index (χ1v) is 8.61. The van der Waals surface area contributed by atoms with Crippen LogP contribution in [0.3, 0.4) is 0 Å². The fourth-order valence-electron chi connectivity index (χ4n) is 2.54. The summed E-state index contributed by atoms with van der Waals surface area (Å²) < 4.78 is 0. The van der Waals surface area contributed by atoms with Gasteiger partial charge in [0.25, 0.3) is 0 Å². The molecule has 0 fully saturated rings. The molecule has 2 N–H and O–H groups in total. The summed E-state index contributed by atoms with van der Waals surface area (Å²) >= 11 is 0. The number of carbonyl (C=O) groups excluding carboxylic acids is 1. The number of nitrogens with one attached hydrogen (secondary N) is 1. The number of carbonyl (C=O) groups is 2. The Kier molecular flexibility index (Phi) is 6.34. The molecule has 0 bridgehead atoms. The Labute approximate surface area is 154 Å². The SMILES string of the molecule is CC(C)(C)c1ccc(/C=C/C(=O)NC(Cc2ccccc2)C(=O)O)cc1. The summed E-state index contributed by atoms with van der Waals surface area (Å²) in [5.74, 6) is -1.47. The van der Waals surface area contributed by atoms with Crippen molar-refractivity contribution < 1.29 is 14.7 Å². The van der Waals surface area contributed by atoms with Gasteiger partial charge < -0.3 is 10.4 Å². The molecule has 0 aliphatic rings. The second kappa shape index (κ2) is 8.48. The van der Waals surface area contributed by atoms with E-state index in [4.69, 9.17) is 0 Å². The monoisotopic (exact) mass is 351 g/mol. The number of rotatable bonds is 6. The second-order valence-corrected chi connectivity index (χ2v) is 7.29. The molecule has 2 aromatic rings. The highest BCUT2D eigenvalue weighted by atomic mass is 16.4. The molecule has 136 valence electrons. The van der Waals surface area contributed by atoms with E-state index in [0.29, 0.717) is 0 Å². The molecule has 0 spiro atoms. The van der Waals surface area contributed by atoms with Gasteiger partial charge in [-0.3, -0.25) is 4.79 Å². The highest BCUT2D eigenvalue weighted by Gasteiger charge is 2.19. The minimum atomic E-state index is -1.05. The van der Waals surface area contributed by atoms with Gasteiger partial charge in [-0.05, 0) is 28.2 Å². The molecule has 0 saturated carbocycles. The zero-order chi connectivity index (χ0) is 19.2. The van der Waals surface area contributed by atoms with E-state index >= 15 is 0 Å². The van der Waals surface area contributed by atoms with Crippen molar-refractivity contribution in [3.8, 4) is 0 Å². The summed E-state index contributed by atoms with van der Waals surface area (Å²) in [5.41, 5.74) is 3.05. The van der Waals surface area contributed by atoms with Gasteiger partial charge >= 0.3 is 5.97 Å². The molecule has 2 aromatic carbocycles. The highest BCUT2D eigenvalue weighted by molar-refractivity contribution is 5.94. The Morgan fingerprint density at radius 3 is 2.19 bits per heavy atom. The molecule has 0 saturated heterocycles. The largest absolute Gasteiger partial charge is 0.480 e. The van der Waals surface area contributed by atoms with Crippen molar-refractivity contribution in [2.75, 3.05) is 0 Å². The maximum atomic E-state index is 12.1. The van der Waals surface area contributed by atoms with E-state index in [1.807, 2.05) is 54.6 Å². The van der Waals surface area contributed by atoms with E-state index in [2.05, 4.69) is 26.1 Å². The summed E-state index contributed by atoms with van der Waals surface area (Å²) in [6.45, 7) is 6.43. The van der Waals surface area contributed by atoms with Crippen LogP contribution in [0.2, 0.25) is 0 Å². The molecule has 0 radical (unpaired) electrons. The van der Waals surface area contributed by atoms with Gasteiger partial charge in [0.1, 0.15) is 6.04 Å². The van der Waals surface area contributed by atoms with Crippen molar-refractivity contribution in [1.29, 1.82) is 0 Å². The fourth-order valence-corrected chi connectivity index (χ4v) is 2.54. The number of carboxylic acid groups (broad SMARTS) is 1. The number of amides is 1. The van der Waals surface area contributed by atoms with Gasteiger partial charge in [-0.2, -0.15) is 0 Å². The molecule has 0 aliphatic carbocycles. The third kappa shape index (κ3) is 5.88. The molecule has 2 rings (SSSR count). The normalized spacial score (nSPS) is 12.7. The van der Waals surface area contributed by atoms with Crippen molar-refractivity contribution in [2.24, 2.45) is 0 Å². The number of benzene rings is 2. The van der Waals surface area contributed by atoms with Crippen LogP contribution in [-0.4, -0.2) is 23.0 Å². The van der Waals surface area contributed by atoms with Gasteiger partial charge in [-0.1, -0.05) is 75.4 Å². The van der Waals surface area contributed by atoms with E-state index in [1.54, 1.807) is 6.08 Å². The molecule has 1 amide bonds. The number of aliphatic carboxylic acids is 1. The minimum absolute atomic E-state index is 0.0752. The van der Waals surface area contributed by atoms with Crippen molar-refractivity contribution in [1.82, 2.24) is 5.32 Å². The molecule has 0 aromatic heterocycles. The zero-order valence-electron chi connectivity index (χ0n) is 15.4. The molecule has 1 unspecified atom stereocenters. The summed E-state index contributed by atoms with van der Waals surface area (Å²) in [7, 11) is 0. The third-order valence-electron chi connectivity index (χ3n) is 4.10. The van der Waals surface area contributed by atoms with Crippen LogP contribution in [0.1, 0.15) is 37.5 Å². The van der Waals surface area contributed by atoms with Crippen molar-refractivity contribution in [3.63, 3.8) is 0 Å². The standard InChI is InChI=1S/C22H25NO3/c1-22(2,3)18-12-9-16(10-13-18)11-14-20(24)23-19(21(25)26)15-17-7-5-4-6-8-17/h4-14,19H,15H2,1-3H3,(H,23,24)(H,25,26)/b14-11+. The van der Waals surface area contributed by atoms with Crippen LogP contribution in [0.5, 0.6) is 0 Å². The van der Waals surface area contributed by atoms with Crippen molar-refractivity contribution >= 4 is 18.0 Å².